The van der Waals surface area contributed by atoms with Crippen molar-refractivity contribution in [1.29, 1.82) is 0 Å². The average molecular weight is 286 g/mol. The maximum atomic E-state index is 13.3. The fourth-order valence-electron chi connectivity index (χ4n) is 2.78. The van der Waals surface area contributed by atoms with Gasteiger partial charge < -0.3 is 5.73 Å². The fourth-order valence-corrected chi connectivity index (χ4v) is 4.90. The van der Waals surface area contributed by atoms with Crippen LogP contribution in [-0.2, 0) is 10.0 Å². The van der Waals surface area contributed by atoms with Gasteiger partial charge in [0.05, 0.1) is 4.90 Å². The normalized spacial score (nSPS) is 20.9. The second kappa shape index (κ2) is 5.19. The van der Waals surface area contributed by atoms with Crippen molar-refractivity contribution in [3.63, 3.8) is 0 Å². The summed E-state index contributed by atoms with van der Waals surface area (Å²) in [7, 11) is -3.59. The molecule has 4 nitrogen and oxygen atoms in total. The van der Waals surface area contributed by atoms with Gasteiger partial charge in [-0.2, -0.15) is 4.31 Å². The summed E-state index contributed by atoms with van der Waals surface area (Å²) in [6.07, 6.45) is 1.61. The Morgan fingerprint density at radius 3 is 2.47 bits per heavy atom. The SMILES string of the molecule is Cc1cc(F)cc(C)c1S(=O)(=O)N1CCCC1CN. The summed E-state index contributed by atoms with van der Waals surface area (Å²) in [6.45, 7) is 4.05. The third kappa shape index (κ3) is 2.52. The molecule has 0 spiro atoms. The molecule has 106 valence electrons. The molecule has 1 fully saturated rings. The van der Waals surface area contributed by atoms with E-state index in [1.807, 2.05) is 0 Å². The fraction of sp³-hybridized carbons (Fsp3) is 0.538. The van der Waals surface area contributed by atoms with Gasteiger partial charge >= 0.3 is 0 Å². The van der Waals surface area contributed by atoms with Crippen molar-refractivity contribution in [3.05, 3.63) is 29.1 Å². The predicted molar refractivity (Wildman–Crippen MR) is 71.8 cm³/mol. The molecule has 0 saturated carbocycles. The quantitative estimate of drug-likeness (QED) is 0.917. The van der Waals surface area contributed by atoms with Gasteiger partial charge in [0.2, 0.25) is 10.0 Å². The van der Waals surface area contributed by atoms with Crippen molar-refractivity contribution in [2.24, 2.45) is 5.73 Å². The molecule has 0 bridgehead atoms. The molecule has 0 aromatic heterocycles. The monoisotopic (exact) mass is 286 g/mol. The van der Waals surface area contributed by atoms with Gasteiger partial charge in [0.15, 0.2) is 0 Å². The third-order valence-corrected chi connectivity index (χ3v) is 5.85. The molecule has 0 radical (unpaired) electrons. The first kappa shape index (κ1) is 14.4. The van der Waals surface area contributed by atoms with Crippen molar-refractivity contribution < 1.29 is 12.8 Å². The van der Waals surface area contributed by atoms with E-state index in [0.717, 1.165) is 12.8 Å². The molecule has 1 saturated heterocycles. The predicted octanol–water partition coefficient (Wildman–Crippen LogP) is 1.55. The van der Waals surface area contributed by atoms with Crippen LogP contribution in [0.2, 0.25) is 0 Å². The smallest absolute Gasteiger partial charge is 0.243 e. The van der Waals surface area contributed by atoms with Crippen LogP contribution in [0, 0.1) is 19.7 Å². The van der Waals surface area contributed by atoms with Crippen LogP contribution in [-0.4, -0.2) is 31.9 Å². The van der Waals surface area contributed by atoms with E-state index in [4.69, 9.17) is 5.73 Å². The highest BCUT2D eigenvalue weighted by atomic mass is 32.2. The van der Waals surface area contributed by atoms with E-state index >= 15 is 0 Å². The average Bonchev–Trinajstić information content (AvgIpc) is 2.75. The van der Waals surface area contributed by atoms with Gasteiger partial charge in [-0.25, -0.2) is 12.8 Å². The molecule has 1 aromatic rings. The summed E-state index contributed by atoms with van der Waals surface area (Å²) in [5, 5.41) is 0. The largest absolute Gasteiger partial charge is 0.329 e. The van der Waals surface area contributed by atoms with E-state index in [1.165, 1.54) is 16.4 Å². The molecule has 1 atom stereocenters. The summed E-state index contributed by atoms with van der Waals surface area (Å²) in [5.41, 5.74) is 6.52. The Bertz CT molecular complexity index is 563. The van der Waals surface area contributed by atoms with Crippen molar-refractivity contribution in [3.8, 4) is 0 Å². The summed E-state index contributed by atoms with van der Waals surface area (Å²) < 4.78 is 40.2. The molecular weight excluding hydrogens is 267 g/mol. The highest BCUT2D eigenvalue weighted by Gasteiger charge is 2.36. The van der Waals surface area contributed by atoms with Crippen LogP contribution in [0.15, 0.2) is 17.0 Å². The molecule has 0 amide bonds. The van der Waals surface area contributed by atoms with Gasteiger partial charge in [0.25, 0.3) is 0 Å². The van der Waals surface area contributed by atoms with Gasteiger partial charge in [-0.15, -0.1) is 0 Å². The summed E-state index contributed by atoms with van der Waals surface area (Å²) in [5.74, 6) is -0.411. The Kier molecular flexibility index (Phi) is 3.94. The minimum atomic E-state index is -3.59. The number of nitrogens with zero attached hydrogens (tertiary/aromatic N) is 1. The second-order valence-corrected chi connectivity index (χ2v) is 6.84. The summed E-state index contributed by atoms with van der Waals surface area (Å²) in [6, 6.07) is 2.37. The van der Waals surface area contributed by atoms with Gasteiger partial charge in [-0.3, -0.25) is 0 Å². The van der Waals surface area contributed by atoms with Gasteiger partial charge in [-0.1, -0.05) is 0 Å². The van der Waals surface area contributed by atoms with E-state index in [-0.39, 0.29) is 10.9 Å². The van der Waals surface area contributed by atoms with Crippen molar-refractivity contribution in [2.75, 3.05) is 13.1 Å². The second-order valence-electron chi connectivity index (χ2n) is 5.02. The molecule has 6 heteroatoms. The minimum Gasteiger partial charge on any atom is -0.329 e. The van der Waals surface area contributed by atoms with E-state index < -0.39 is 15.8 Å². The molecule has 1 heterocycles. The molecule has 19 heavy (non-hydrogen) atoms. The zero-order valence-electron chi connectivity index (χ0n) is 11.2. The summed E-state index contributed by atoms with van der Waals surface area (Å²) >= 11 is 0. The number of nitrogens with two attached hydrogens (primary N) is 1. The lowest BCUT2D eigenvalue weighted by Crippen LogP contribution is -2.40. The molecule has 1 aliphatic rings. The number of rotatable bonds is 3. The van der Waals surface area contributed by atoms with E-state index in [0.29, 0.717) is 24.2 Å². The molecule has 1 unspecified atom stereocenters. The number of hydrogen-bond donors (Lipinski definition) is 1. The van der Waals surface area contributed by atoms with Crippen LogP contribution >= 0.6 is 0 Å². The van der Waals surface area contributed by atoms with E-state index in [1.54, 1.807) is 13.8 Å². The third-order valence-electron chi connectivity index (χ3n) is 3.59. The highest BCUT2D eigenvalue weighted by Crippen LogP contribution is 2.30. The van der Waals surface area contributed by atoms with Crippen LogP contribution in [0.5, 0.6) is 0 Å². The first-order chi connectivity index (χ1) is 8.87. The van der Waals surface area contributed by atoms with Crippen LogP contribution in [0.25, 0.3) is 0 Å². The Balaban J connectivity index is 2.51. The van der Waals surface area contributed by atoms with Gasteiger partial charge in [-0.05, 0) is 49.9 Å². The zero-order chi connectivity index (χ0) is 14.2. The van der Waals surface area contributed by atoms with Gasteiger partial charge in [0, 0.05) is 19.1 Å². The number of aryl methyl sites for hydroxylation is 2. The lowest BCUT2D eigenvalue weighted by molar-refractivity contribution is 0.392. The lowest BCUT2D eigenvalue weighted by atomic mass is 10.1. The number of sulfonamides is 1. The Morgan fingerprint density at radius 1 is 1.37 bits per heavy atom. The standard InChI is InChI=1S/C13H19FN2O2S/c1-9-6-11(14)7-10(2)13(9)19(17,18)16-5-3-4-12(16)8-15/h6-7,12H,3-5,8,15H2,1-2H3. The lowest BCUT2D eigenvalue weighted by Gasteiger charge is -2.24. The van der Waals surface area contributed by atoms with E-state index in [2.05, 4.69) is 0 Å². The first-order valence-electron chi connectivity index (χ1n) is 6.36. The summed E-state index contributed by atoms with van der Waals surface area (Å²) in [4.78, 5) is 0.217. The van der Waals surface area contributed by atoms with E-state index in [9.17, 15) is 12.8 Å². The zero-order valence-corrected chi connectivity index (χ0v) is 12.0. The van der Waals surface area contributed by atoms with Crippen LogP contribution < -0.4 is 5.73 Å². The molecule has 1 aromatic carbocycles. The first-order valence-corrected chi connectivity index (χ1v) is 7.80. The topological polar surface area (TPSA) is 63.4 Å². The Morgan fingerprint density at radius 2 is 1.95 bits per heavy atom. The molecule has 2 N–H and O–H groups in total. The van der Waals surface area contributed by atoms with Crippen molar-refractivity contribution >= 4 is 10.0 Å². The van der Waals surface area contributed by atoms with Gasteiger partial charge in [0.1, 0.15) is 5.82 Å². The molecular formula is C13H19FN2O2S. The van der Waals surface area contributed by atoms with Crippen molar-refractivity contribution in [2.45, 2.75) is 37.6 Å². The maximum absolute atomic E-state index is 13.3. The highest BCUT2D eigenvalue weighted by molar-refractivity contribution is 7.89. The molecule has 0 aliphatic carbocycles. The maximum Gasteiger partial charge on any atom is 0.243 e. The minimum absolute atomic E-state index is 0.145. The molecule has 1 aliphatic heterocycles. The van der Waals surface area contributed by atoms with Crippen LogP contribution in [0.1, 0.15) is 24.0 Å². The molecule has 2 rings (SSSR count). The number of benzene rings is 1. The number of halogens is 1. The number of hydrogen-bond acceptors (Lipinski definition) is 3. The van der Waals surface area contributed by atoms with Crippen molar-refractivity contribution in [1.82, 2.24) is 4.31 Å². The Labute approximate surface area is 113 Å². The Hall–Kier alpha value is -0.980. The van der Waals surface area contributed by atoms with Crippen LogP contribution in [0.4, 0.5) is 4.39 Å². The van der Waals surface area contributed by atoms with Crippen LogP contribution in [0.3, 0.4) is 0 Å².